The van der Waals surface area contributed by atoms with Gasteiger partial charge in [-0.1, -0.05) is 47.7 Å². The van der Waals surface area contributed by atoms with Crippen LogP contribution in [-0.4, -0.2) is 19.9 Å². The zero-order valence-electron chi connectivity index (χ0n) is 12.6. The van der Waals surface area contributed by atoms with Crippen molar-refractivity contribution in [2.75, 3.05) is 0 Å². The second kappa shape index (κ2) is 7.19. The van der Waals surface area contributed by atoms with Gasteiger partial charge < -0.3 is 4.74 Å². The number of aromatic nitrogens is 3. The summed E-state index contributed by atoms with van der Waals surface area (Å²) in [4.78, 5) is 10.5. The van der Waals surface area contributed by atoms with Crippen LogP contribution in [0.2, 0.25) is 0 Å². The minimum absolute atomic E-state index is 0.0751. The van der Waals surface area contributed by atoms with Crippen LogP contribution < -0.4 is 4.74 Å². The van der Waals surface area contributed by atoms with Crippen molar-refractivity contribution in [2.45, 2.75) is 6.61 Å². The van der Waals surface area contributed by atoms with E-state index in [0.717, 1.165) is 5.56 Å². The molecule has 120 valence electrons. The van der Waals surface area contributed by atoms with Gasteiger partial charge in [0.2, 0.25) is 0 Å². The van der Waals surface area contributed by atoms with E-state index < -0.39 is 4.92 Å². The Hall–Kier alpha value is -3.48. The molecule has 2 aromatic carbocycles. The highest BCUT2D eigenvalue weighted by atomic mass is 16.6. The fourth-order valence-corrected chi connectivity index (χ4v) is 2.06. The van der Waals surface area contributed by atoms with Crippen LogP contribution >= 0.6 is 0 Å². The lowest BCUT2D eigenvalue weighted by Crippen LogP contribution is -1.99. The molecule has 0 radical (unpaired) electrons. The Labute approximate surface area is 138 Å². The molecular formula is C17H14N4O3. The molecule has 3 aromatic rings. The first kappa shape index (κ1) is 15.4. The Balaban J connectivity index is 1.65. The average molecular weight is 322 g/mol. The molecule has 1 aromatic heterocycles. The van der Waals surface area contributed by atoms with Crippen LogP contribution in [0.4, 0.5) is 5.69 Å². The van der Waals surface area contributed by atoms with Gasteiger partial charge in [0.05, 0.1) is 11.1 Å². The number of nitro groups is 1. The molecule has 0 saturated heterocycles. The van der Waals surface area contributed by atoms with Crippen LogP contribution in [0, 0.1) is 10.1 Å². The first-order valence-corrected chi connectivity index (χ1v) is 7.22. The molecule has 0 unspecified atom stereocenters. The smallest absolute Gasteiger partial charge is 0.310 e. The van der Waals surface area contributed by atoms with Gasteiger partial charge in [-0.2, -0.15) is 0 Å². The van der Waals surface area contributed by atoms with Crippen LogP contribution in [0.3, 0.4) is 0 Å². The minimum atomic E-state index is -0.477. The molecule has 7 heteroatoms. The van der Waals surface area contributed by atoms with Crippen molar-refractivity contribution in [3.63, 3.8) is 0 Å². The maximum atomic E-state index is 10.9. The summed E-state index contributed by atoms with van der Waals surface area (Å²) in [6.45, 7) is 0.101. The van der Waals surface area contributed by atoms with E-state index >= 15 is 0 Å². The maximum absolute atomic E-state index is 10.9. The van der Waals surface area contributed by atoms with Gasteiger partial charge in [0, 0.05) is 12.3 Å². The average Bonchev–Trinajstić information content (AvgIpc) is 3.07. The summed E-state index contributed by atoms with van der Waals surface area (Å²) in [5, 5.41) is 18.9. The van der Waals surface area contributed by atoms with Crippen LogP contribution in [0.25, 0.3) is 12.3 Å². The van der Waals surface area contributed by atoms with E-state index in [0.29, 0.717) is 5.69 Å². The van der Waals surface area contributed by atoms with Crippen molar-refractivity contribution < 1.29 is 9.66 Å². The lowest BCUT2D eigenvalue weighted by atomic mass is 10.2. The van der Waals surface area contributed by atoms with Crippen molar-refractivity contribution in [3.8, 4) is 5.75 Å². The summed E-state index contributed by atoms with van der Waals surface area (Å²) in [7, 11) is 0. The summed E-state index contributed by atoms with van der Waals surface area (Å²) in [6, 6.07) is 16.0. The fraction of sp³-hybridized carbons (Fsp3) is 0.0588. The lowest BCUT2D eigenvalue weighted by Gasteiger charge is -2.03. The first-order valence-electron chi connectivity index (χ1n) is 7.22. The number of benzene rings is 2. The van der Waals surface area contributed by atoms with Gasteiger partial charge in [0.15, 0.2) is 5.75 Å². The molecule has 0 aliphatic heterocycles. The third kappa shape index (κ3) is 3.83. The topological polar surface area (TPSA) is 83.1 Å². The summed E-state index contributed by atoms with van der Waals surface area (Å²) >= 11 is 0. The van der Waals surface area contributed by atoms with Gasteiger partial charge in [-0.3, -0.25) is 10.1 Å². The first-order chi connectivity index (χ1) is 11.7. The van der Waals surface area contributed by atoms with Crippen molar-refractivity contribution in [2.24, 2.45) is 0 Å². The largest absolute Gasteiger partial charge is 0.480 e. The lowest BCUT2D eigenvalue weighted by molar-refractivity contribution is -0.385. The van der Waals surface area contributed by atoms with Crippen molar-refractivity contribution in [3.05, 3.63) is 82.2 Å². The number of hydrogen-bond donors (Lipinski definition) is 0. The van der Waals surface area contributed by atoms with Crippen LogP contribution in [0.1, 0.15) is 11.3 Å². The van der Waals surface area contributed by atoms with E-state index in [4.69, 9.17) is 4.74 Å². The summed E-state index contributed by atoms with van der Waals surface area (Å²) in [6.07, 6.45) is 5.38. The highest BCUT2D eigenvalue weighted by Gasteiger charge is 2.14. The number of rotatable bonds is 6. The SMILES string of the molecule is O=[N+]([O-])c1ccccc1OCc1cn(/C=C/c2ccccc2)nn1. The molecule has 1 heterocycles. The number of para-hydroxylation sites is 2. The highest BCUT2D eigenvalue weighted by Crippen LogP contribution is 2.26. The Bertz CT molecular complexity index is 859. The standard InChI is InChI=1S/C17H14N4O3/c22-21(23)16-8-4-5-9-17(16)24-13-15-12-20(19-18-15)11-10-14-6-2-1-3-7-14/h1-12H,13H2/b11-10+. The summed E-state index contributed by atoms with van der Waals surface area (Å²) in [5.41, 5.74) is 1.55. The molecule has 0 atom stereocenters. The van der Waals surface area contributed by atoms with E-state index in [1.54, 1.807) is 35.3 Å². The maximum Gasteiger partial charge on any atom is 0.310 e. The zero-order chi connectivity index (χ0) is 16.8. The minimum Gasteiger partial charge on any atom is -0.480 e. The molecule has 3 rings (SSSR count). The van der Waals surface area contributed by atoms with E-state index in [1.165, 1.54) is 6.07 Å². The quantitative estimate of drug-likeness (QED) is 0.513. The predicted molar refractivity (Wildman–Crippen MR) is 89.1 cm³/mol. The molecule has 0 aliphatic rings. The molecular weight excluding hydrogens is 308 g/mol. The van der Waals surface area contributed by atoms with Crippen LogP contribution in [0.15, 0.2) is 60.8 Å². The third-order valence-corrected chi connectivity index (χ3v) is 3.21. The Kier molecular flexibility index (Phi) is 4.62. The van der Waals surface area contributed by atoms with Gasteiger partial charge in [-0.05, 0) is 17.7 Å². The zero-order valence-corrected chi connectivity index (χ0v) is 12.6. The van der Waals surface area contributed by atoms with E-state index in [1.807, 2.05) is 36.4 Å². The Morgan fingerprint density at radius 3 is 2.67 bits per heavy atom. The number of ether oxygens (including phenoxy) is 1. The molecule has 0 aliphatic carbocycles. The molecule has 0 bridgehead atoms. The molecule has 0 spiro atoms. The van der Waals surface area contributed by atoms with Crippen molar-refractivity contribution >= 4 is 18.0 Å². The molecule has 0 N–H and O–H groups in total. The summed E-state index contributed by atoms with van der Waals surface area (Å²) < 4.78 is 7.04. The van der Waals surface area contributed by atoms with Crippen molar-refractivity contribution in [1.29, 1.82) is 0 Å². The fourth-order valence-electron chi connectivity index (χ4n) is 2.06. The number of nitro benzene ring substituents is 1. The highest BCUT2D eigenvalue weighted by molar-refractivity contribution is 5.59. The van der Waals surface area contributed by atoms with Gasteiger partial charge >= 0.3 is 5.69 Å². The van der Waals surface area contributed by atoms with Crippen LogP contribution in [-0.2, 0) is 6.61 Å². The monoisotopic (exact) mass is 322 g/mol. The predicted octanol–water partition coefficient (Wildman–Crippen LogP) is 3.39. The van der Waals surface area contributed by atoms with Crippen molar-refractivity contribution in [1.82, 2.24) is 15.0 Å². The normalized spacial score (nSPS) is 10.8. The van der Waals surface area contributed by atoms with Gasteiger partial charge in [0.25, 0.3) is 0 Å². The molecule has 7 nitrogen and oxygen atoms in total. The molecule has 0 saturated carbocycles. The Morgan fingerprint density at radius 2 is 1.88 bits per heavy atom. The third-order valence-electron chi connectivity index (χ3n) is 3.21. The van der Waals surface area contributed by atoms with E-state index in [-0.39, 0.29) is 18.0 Å². The molecule has 0 amide bonds. The molecule has 0 fully saturated rings. The number of nitrogens with zero attached hydrogens (tertiary/aromatic N) is 4. The molecule has 24 heavy (non-hydrogen) atoms. The second-order valence-corrected chi connectivity index (χ2v) is 4.93. The van der Waals surface area contributed by atoms with Gasteiger partial charge in [-0.25, -0.2) is 4.68 Å². The summed E-state index contributed by atoms with van der Waals surface area (Å²) in [5.74, 6) is 0.205. The van der Waals surface area contributed by atoms with E-state index in [9.17, 15) is 10.1 Å². The van der Waals surface area contributed by atoms with Crippen LogP contribution in [0.5, 0.6) is 5.75 Å². The van der Waals surface area contributed by atoms with E-state index in [2.05, 4.69) is 10.3 Å². The second-order valence-electron chi connectivity index (χ2n) is 4.93. The Morgan fingerprint density at radius 1 is 1.12 bits per heavy atom. The number of hydrogen-bond acceptors (Lipinski definition) is 5. The van der Waals surface area contributed by atoms with Gasteiger partial charge in [-0.15, -0.1) is 5.10 Å². The van der Waals surface area contributed by atoms with Gasteiger partial charge in [0.1, 0.15) is 12.3 Å².